The van der Waals surface area contributed by atoms with Gasteiger partial charge in [-0.25, -0.2) is 4.79 Å². The van der Waals surface area contributed by atoms with E-state index in [9.17, 15) is 9.59 Å². The molecule has 2 aliphatic rings. The quantitative estimate of drug-likeness (QED) is 0.518. The minimum atomic E-state index is -0.242. The van der Waals surface area contributed by atoms with Gasteiger partial charge < -0.3 is 9.64 Å². The summed E-state index contributed by atoms with van der Waals surface area (Å²) in [7, 11) is 0. The van der Waals surface area contributed by atoms with Crippen LogP contribution >= 0.6 is 0 Å². The molecule has 5 heteroatoms. The summed E-state index contributed by atoms with van der Waals surface area (Å²) in [5, 5.41) is 0. The number of cyclic esters (lactones) is 1. The summed E-state index contributed by atoms with van der Waals surface area (Å²) in [6, 6.07) is 0.0742. The van der Waals surface area contributed by atoms with Crippen molar-refractivity contribution in [1.82, 2.24) is 9.80 Å². The highest BCUT2D eigenvalue weighted by molar-refractivity contribution is 5.75. The van der Waals surface area contributed by atoms with E-state index < -0.39 is 0 Å². The Hall–Kier alpha value is -1.26. The van der Waals surface area contributed by atoms with Crippen LogP contribution < -0.4 is 0 Å². The minimum Gasteiger partial charge on any atom is -0.447 e. The van der Waals surface area contributed by atoms with Crippen LogP contribution in [-0.2, 0) is 9.53 Å². The van der Waals surface area contributed by atoms with E-state index in [1.807, 2.05) is 0 Å². The van der Waals surface area contributed by atoms with Gasteiger partial charge in [0.1, 0.15) is 6.61 Å². The molecule has 2 fully saturated rings. The summed E-state index contributed by atoms with van der Waals surface area (Å²) in [4.78, 5) is 25.6. The first-order valence-electron chi connectivity index (χ1n) is 4.37. The molecule has 0 aromatic rings. The van der Waals surface area contributed by atoms with Crippen molar-refractivity contribution in [3.8, 4) is 0 Å². The van der Waals surface area contributed by atoms with Crippen molar-refractivity contribution in [2.75, 3.05) is 26.2 Å². The number of piperazine rings is 1. The number of ether oxygens (including phenoxy) is 1. The second-order valence-electron chi connectivity index (χ2n) is 3.39. The molecule has 0 spiro atoms. The van der Waals surface area contributed by atoms with Gasteiger partial charge in [0.15, 0.2) is 0 Å². The van der Waals surface area contributed by atoms with Crippen LogP contribution in [0.4, 0.5) is 4.79 Å². The molecule has 2 amide bonds. The molecule has 5 nitrogen and oxygen atoms in total. The number of nitrogens with zero attached hydrogens (tertiary/aromatic N) is 2. The van der Waals surface area contributed by atoms with E-state index in [0.717, 1.165) is 0 Å². The van der Waals surface area contributed by atoms with Crippen LogP contribution in [-0.4, -0.2) is 54.1 Å². The number of carbonyl (C=O) groups is 2. The zero-order valence-electron chi connectivity index (χ0n) is 7.52. The van der Waals surface area contributed by atoms with E-state index in [1.165, 1.54) is 0 Å². The maximum Gasteiger partial charge on any atom is 0.410 e. The number of fused-ring (bicyclic) bond motifs is 1. The second kappa shape index (κ2) is 2.90. The maximum atomic E-state index is 11.1. The van der Waals surface area contributed by atoms with Gasteiger partial charge >= 0.3 is 6.09 Å². The topological polar surface area (TPSA) is 49.9 Å². The van der Waals surface area contributed by atoms with Crippen molar-refractivity contribution in [2.45, 2.75) is 13.0 Å². The van der Waals surface area contributed by atoms with Crippen molar-refractivity contribution < 1.29 is 14.3 Å². The Bertz CT molecular complexity index is 254. The van der Waals surface area contributed by atoms with Crippen molar-refractivity contribution in [3.63, 3.8) is 0 Å². The van der Waals surface area contributed by atoms with E-state index in [-0.39, 0.29) is 18.0 Å². The van der Waals surface area contributed by atoms with Gasteiger partial charge in [0.2, 0.25) is 5.91 Å². The summed E-state index contributed by atoms with van der Waals surface area (Å²) in [5.41, 5.74) is 0. The fourth-order valence-corrected chi connectivity index (χ4v) is 1.77. The van der Waals surface area contributed by atoms with Gasteiger partial charge in [0, 0.05) is 26.6 Å². The summed E-state index contributed by atoms with van der Waals surface area (Å²) < 4.78 is 4.88. The summed E-state index contributed by atoms with van der Waals surface area (Å²) in [6.45, 7) is 3.81. The van der Waals surface area contributed by atoms with Gasteiger partial charge in [-0.2, -0.15) is 0 Å². The summed E-state index contributed by atoms with van der Waals surface area (Å²) in [5.74, 6) is 0.0685. The molecule has 0 bridgehead atoms. The predicted octanol–water partition coefficient (Wildman–Crippen LogP) is -0.331. The van der Waals surface area contributed by atoms with Gasteiger partial charge in [0.25, 0.3) is 0 Å². The van der Waals surface area contributed by atoms with E-state index in [0.29, 0.717) is 26.2 Å². The standard InChI is InChI=1S/C8H12N2O3/c1-6(11)9-2-3-10-7(4-9)5-13-8(10)12/h7H,2-5H2,1H3. The lowest BCUT2D eigenvalue weighted by Crippen LogP contribution is -2.53. The SMILES string of the molecule is CC(=O)N1CCN2C(=O)OCC2C1. The Morgan fingerprint density at radius 1 is 1.54 bits per heavy atom. The number of rotatable bonds is 0. The Morgan fingerprint density at radius 2 is 2.31 bits per heavy atom. The normalized spacial score (nSPS) is 27.2. The van der Waals surface area contributed by atoms with E-state index in [2.05, 4.69) is 0 Å². The van der Waals surface area contributed by atoms with Crippen molar-refractivity contribution in [1.29, 1.82) is 0 Å². The molecule has 1 atom stereocenters. The molecule has 1 unspecified atom stereocenters. The lowest BCUT2D eigenvalue weighted by Gasteiger charge is -2.34. The minimum absolute atomic E-state index is 0.0685. The van der Waals surface area contributed by atoms with Crippen LogP contribution in [0.5, 0.6) is 0 Å². The Kier molecular flexibility index (Phi) is 1.86. The first-order chi connectivity index (χ1) is 6.18. The molecule has 0 aromatic carbocycles. The van der Waals surface area contributed by atoms with E-state index >= 15 is 0 Å². The number of hydrogen-bond acceptors (Lipinski definition) is 3. The van der Waals surface area contributed by atoms with Crippen LogP contribution in [0.1, 0.15) is 6.92 Å². The molecule has 0 radical (unpaired) electrons. The fraction of sp³-hybridized carbons (Fsp3) is 0.750. The highest BCUT2D eigenvalue weighted by Gasteiger charge is 2.37. The first kappa shape index (κ1) is 8.34. The zero-order valence-corrected chi connectivity index (χ0v) is 7.52. The van der Waals surface area contributed by atoms with Crippen molar-refractivity contribution in [2.24, 2.45) is 0 Å². The van der Waals surface area contributed by atoms with Gasteiger partial charge in [-0.15, -0.1) is 0 Å². The van der Waals surface area contributed by atoms with E-state index in [4.69, 9.17) is 4.74 Å². The predicted molar refractivity (Wildman–Crippen MR) is 44.1 cm³/mol. The average Bonchev–Trinajstić information content (AvgIpc) is 2.47. The molecule has 0 N–H and O–H groups in total. The molecule has 0 aromatic heterocycles. The Balaban J connectivity index is 2.03. The fourth-order valence-electron chi connectivity index (χ4n) is 1.77. The third-order valence-electron chi connectivity index (χ3n) is 2.56. The second-order valence-corrected chi connectivity index (χ2v) is 3.39. The number of carbonyl (C=O) groups excluding carboxylic acids is 2. The molecular weight excluding hydrogens is 172 g/mol. The molecular formula is C8H12N2O3. The molecule has 13 heavy (non-hydrogen) atoms. The third kappa shape index (κ3) is 1.34. The largest absolute Gasteiger partial charge is 0.447 e. The zero-order chi connectivity index (χ0) is 9.42. The Labute approximate surface area is 76.2 Å². The van der Waals surface area contributed by atoms with Crippen LogP contribution in [0.2, 0.25) is 0 Å². The number of hydrogen-bond donors (Lipinski definition) is 0. The smallest absolute Gasteiger partial charge is 0.410 e. The maximum absolute atomic E-state index is 11.1. The van der Waals surface area contributed by atoms with Crippen LogP contribution in [0.3, 0.4) is 0 Å². The van der Waals surface area contributed by atoms with Crippen LogP contribution in [0, 0.1) is 0 Å². The molecule has 2 aliphatic heterocycles. The van der Waals surface area contributed by atoms with Crippen molar-refractivity contribution in [3.05, 3.63) is 0 Å². The van der Waals surface area contributed by atoms with Gasteiger partial charge in [-0.1, -0.05) is 0 Å². The molecule has 2 rings (SSSR count). The molecule has 0 saturated carbocycles. The van der Waals surface area contributed by atoms with E-state index in [1.54, 1.807) is 16.7 Å². The lowest BCUT2D eigenvalue weighted by molar-refractivity contribution is -0.130. The highest BCUT2D eigenvalue weighted by atomic mass is 16.6. The molecule has 2 saturated heterocycles. The van der Waals surface area contributed by atoms with Gasteiger partial charge in [0.05, 0.1) is 6.04 Å². The molecule has 72 valence electrons. The van der Waals surface area contributed by atoms with Crippen LogP contribution in [0.15, 0.2) is 0 Å². The monoisotopic (exact) mass is 184 g/mol. The number of amides is 2. The Morgan fingerprint density at radius 3 is 3.00 bits per heavy atom. The highest BCUT2D eigenvalue weighted by Crippen LogP contribution is 2.17. The van der Waals surface area contributed by atoms with Crippen LogP contribution in [0.25, 0.3) is 0 Å². The van der Waals surface area contributed by atoms with Crippen molar-refractivity contribution >= 4 is 12.0 Å². The average molecular weight is 184 g/mol. The summed E-state index contributed by atoms with van der Waals surface area (Å²) >= 11 is 0. The third-order valence-corrected chi connectivity index (χ3v) is 2.56. The van der Waals surface area contributed by atoms with Gasteiger partial charge in [-0.05, 0) is 0 Å². The summed E-state index contributed by atoms with van der Waals surface area (Å²) in [6.07, 6.45) is -0.242. The molecule has 2 heterocycles. The van der Waals surface area contributed by atoms with Gasteiger partial charge in [-0.3, -0.25) is 9.69 Å². The lowest BCUT2D eigenvalue weighted by atomic mass is 10.2. The first-order valence-corrected chi connectivity index (χ1v) is 4.37. The molecule has 0 aliphatic carbocycles.